The summed E-state index contributed by atoms with van der Waals surface area (Å²) in [6.45, 7) is 2.01. The molecule has 2 heterocycles. The Morgan fingerprint density at radius 3 is 2.75 bits per heavy atom. The Morgan fingerprint density at radius 2 is 2.00 bits per heavy atom. The van der Waals surface area contributed by atoms with E-state index < -0.39 is 0 Å². The molecule has 0 N–H and O–H groups in total. The maximum atomic E-state index is 13.4. The van der Waals surface area contributed by atoms with Crippen molar-refractivity contribution in [1.29, 1.82) is 0 Å². The van der Waals surface area contributed by atoms with Gasteiger partial charge in [0.05, 0.1) is 0 Å². The highest BCUT2D eigenvalue weighted by molar-refractivity contribution is 7.99. The average molecular weight is 339 g/mol. The number of hydrogen-bond acceptors (Lipinski definition) is 4. The van der Waals surface area contributed by atoms with Crippen molar-refractivity contribution >= 4 is 17.7 Å². The van der Waals surface area contributed by atoms with Gasteiger partial charge in [0.2, 0.25) is 0 Å². The van der Waals surface area contributed by atoms with Gasteiger partial charge >= 0.3 is 0 Å². The highest BCUT2D eigenvalue weighted by atomic mass is 32.2. The molecule has 24 heavy (non-hydrogen) atoms. The molecule has 1 aromatic heterocycles. The van der Waals surface area contributed by atoms with Crippen molar-refractivity contribution in [3.05, 3.63) is 65.5 Å². The zero-order chi connectivity index (χ0) is 16.7. The molecule has 120 valence electrons. The van der Waals surface area contributed by atoms with Gasteiger partial charge in [-0.1, -0.05) is 53.7 Å². The Bertz CT molecular complexity index is 920. The third-order valence-electron chi connectivity index (χ3n) is 3.95. The van der Waals surface area contributed by atoms with Crippen LogP contribution in [0.25, 0.3) is 11.4 Å². The number of hydrogen-bond donors (Lipinski definition) is 0. The van der Waals surface area contributed by atoms with E-state index in [1.54, 1.807) is 6.07 Å². The van der Waals surface area contributed by atoms with Crippen LogP contribution in [0.3, 0.4) is 0 Å². The predicted molar refractivity (Wildman–Crippen MR) is 90.4 cm³/mol. The van der Waals surface area contributed by atoms with E-state index in [0.717, 1.165) is 16.7 Å². The fraction of sp³-hybridized carbons (Fsp3) is 0.167. The van der Waals surface area contributed by atoms with Crippen molar-refractivity contribution in [1.82, 2.24) is 14.8 Å². The Labute approximate surface area is 142 Å². The minimum Gasteiger partial charge on any atom is -0.272 e. The number of aromatic nitrogens is 3. The maximum absolute atomic E-state index is 13.4. The highest BCUT2D eigenvalue weighted by Crippen LogP contribution is 2.41. The van der Waals surface area contributed by atoms with Gasteiger partial charge < -0.3 is 0 Å². The van der Waals surface area contributed by atoms with E-state index in [-0.39, 0.29) is 23.4 Å². The maximum Gasteiger partial charge on any atom is 0.250 e. The van der Waals surface area contributed by atoms with Crippen LogP contribution in [0.5, 0.6) is 0 Å². The van der Waals surface area contributed by atoms with Crippen LogP contribution in [-0.4, -0.2) is 20.7 Å². The third-order valence-corrected chi connectivity index (χ3v) is 5.15. The molecule has 2 aromatic carbocycles. The van der Waals surface area contributed by atoms with E-state index in [1.807, 2.05) is 37.3 Å². The van der Waals surface area contributed by atoms with E-state index in [4.69, 9.17) is 0 Å². The lowest BCUT2D eigenvalue weighted by atomic mass is 10.1. The molecule has 0 saturated carbocycles. The first kappa shape index (κ1) is 15.1. The number of thioether (sulfide) groups is 1. The van der Waals surface area contributed by atoms with Crippen LogP contribution in [0.1, 0.15) is 27.6 Å². The number of fused-ring (bicyclic) bond motifs is 1. The molecule has 1 aliphatic rings. The predicted octanol–water partition coefficient (Wildman–Crippen LogP) is 4.27. The van der Waals surface area contributed by atoms with Gasteiger partial charge in [-0.15, -0.1) is 5.10 Å². The van der Waals surface area contributed by atoms with Crippen LogP contribution in [-0.2, 0) is 0 Å². The van der Waals surface area contributed by atoms with Gasteiger partial charge in [0.25, 0.3) is 5.91 Å². The minimum atomic E-state index is -0.298. The standard InChI is InChI=1S/C18H14FN3OS/c1-11-5-7-12(8-6-11)17-20-18-22(21-17)16(23)10-15(24-18)13-3-2-4-14(19)9-13/h2-9,15H,10H2,1H3/t15-/m1/s1. The normalized spacial score (nSPS) is 16.9. The van der Waals surface area contributed by atoms with Gasteiger partial charge in [-0.3, -0.25) is 4.79 Å². The lowest BCUT2D eigenvalue weighted by molar-refractivity contribution is 0.0868. The molecule has 1 aliphatic heterocycles. The van der Waals surface area contributed by atoms with Crippen molar-refractivity contribution in [3.8, 4) is 11.4 Å². The molecule has 0 amide bonds. The number of nitrogens with zero attached hydrogens (tertiary/aromatic N) is 3. The molecule has 0 bridgehead atoms. The summed E-state index contributed by atoms with van der Waals surface area (Å²) < 4.78 is 14.8. The molecule has 0 aliphatic carbocycles. The Hall–Kier alpha value is -2.47. The lowest BCUT2D eigenvalue weighted by Crippen LogP contribution is -2.21. The summed E-state index contributed by atoms with van der Waals surface area (Å²) in [6.07, 6.45) is 0.276. The van der Waals surface area contributed by atoms with E-state index in [2.05, 4.69) is 10.1 Å². The van der Waals surface area contributed by atoms with Crippen molar-refractivity contribution in [2.24, 2.45) is 0 Å². The number of aryl methyl sites for hydroxylation is 1. The van der Waals surface area contributed by atoms with Gasteiger partial charge in [-0.2, -0.15) is 4.68 Å². The quantitative estimate of drug-likeness (QED) is 0.699. The molecule has 3 aromatic rings. The molecule has 4 rings (SSSR count). The van der Waals surface area contributed by atoms with Crippen molar-refractivity contribution in [3.63, 3.8) is 0 Å². The molecule has 6 heteroatoms. The Morgan fingerprint density at radius 1 is 1.21 bits per heavy atom. The largest absolute Gasteiger partial charge is 0.272 e. The van der Waals surface area contributed by atoms with Crippen LogP contribution in [0, 0.1) is 12.7 Å². The molecule has 0 radical (unpaired) electrons. The summed E-state index contributed by atoms with van der Waals surface area (Å²) in [7, 11) is 0. The van der Waals surface area contributed by atoms with Crippen molar-refractivity contribution in [2.75, 3.05) is 0 Å². The number of benzene rings is 2. The molecule has 1 atom stereocenters. The summed E-state index contributed by atoms with van der Waals surface area (Å²) >= 11 is 1.44. The molecule has 0 saturated heterocycles. The Balaban J connectivity index is 1.68. The molecule has 4 nitrogen and oxygen atoms in total. The zero-order valence-electron chi connectivity index (χ0n) is 12.9. The SMILES string of the molecule is Cc1ccc(-c2nc3n(n2)C(=O)C[C@H](c2cccc(F)c2)S3)cc1. The monoisotopic (exact) mass is 339 g/mol. The second-order valence-electron chi connectivity index (χ2n) is 5.76. The minimum absolute atomic E-state index is 0.121. The van der Waals surface area contributed by atoms with Gasteiger partial charge in [0.15, 0.2) is 11.0 Å². The average Bonchev–Trinajstić information content (AvgIpc) is 3.00. The summed E-state index contributed by atoms with van der Waals surface area (Å²) in [4.78, 5) is 16.9. The first-order valence-corrected chi connectivity index (χ1v) is 8.47. The van der Waals surface area contributed by atoms with Crippen LogP contribution < -0.4 is 0 Å². The number of halogens is 1. The summed E-state index contributed by atoms with van der Waals surface area (Å²) in [6, 6.07) is 14.2. The third kappa shape index (κ3) is 2.73. The van der Waals surface area contributed by atoms with Crippen LogP contribution in [0.4, 0.5) is 4.39 Å². The van der Waals surface area contributed by atoms with Crippen molar-refractivity contribution < 1.29 is 9.18 Å². The molecular formula is C18H14FN3OS. The smallest absolute Gasteiger partial charge is 0.250 e. The van der Waals surface area contributed by atoms with Gasteiger partial charge in [0, 0.05) is 17.2 Å². The fourth-order valence-electron chi connectivity index (χ4n) is 2.67. The zero-order valence-corrected chi connectivity index (χ0v) is 13.8. The number of carbonyl (C=O) groups is 1. The van der Waals surface area contributed by atoms with Gasteiger partial charge in [-0.05, 0) is 24.6 Å². The van der Waals surface area contributed by atoms with E-state index in [9.17, 15) is 9.18 Å². The molecule has 0 fully saturated rings. The van der Waals surface area contributed by atoms with Gasteiger partial charge in [-0.25, -0.2) is 9.37 Å². The van der Waals surface area contributed by atoms with E-state index in [1.165, 1.54) is 28.6 Å². The molecule has 0 spiro atoms. The fourth-order valence-corrected chi connectivity index (χ4v) is 3.81. The summed E-state index contributed by atoms with van der Waals surface area (Å²) in [5, 5.41) is 4.75. The van der Waals surface area contributed by atoms with E-state index in [0.29, 0.717) is 11.0 Å². The second-order valence-corrected chi connectivity index (χ2v) is 6.93. The molecular weight excluding hydrogens is 325 g/mol. The highest BCUT2D eigenvalue weighted by Gasteiger charge is 2.30. The first-order valence-electron chi connectivity index (χ1n) is 7.59. The van der Waals surface area contributed by atoms with Crippen LogP contribution in [0.2, 0.25) is 0 Å². The van der Waals surface area contributed by atoms with Gasteiger partial charge in [0.1, 0.15) is 5.82 Å². The Kier molecular flexibility index (Phi) is 3.69. The lowest BCUT2D eigenvalue weighted by Gasteiger charge is -2.20. The topological polar surface area (TPSA) is 47.8 Å². The van der Waals surface area contributed by atoms with Crippen LogP contribution in [0.15, 0.2) is 53.7 Å². The second kappa shape index (κ2) is 5.87. The van der Waals surface area contributed by atoms with E-state index >= 15 is 0 Å². The van der Waals surface area contributed by atoms with Crippen molar-refractivity contribution in [2.45, 2.75) is 23.8 Å². The van der Waals surface area contributed by atoms with Crippen LogP contribution >= 0.6 is 11.8 Å². The summed E-state index contributed by atoms with van der Waals surface area (Å²) in [5.41, 5.74) is 2.82. The first-order chi connectivity index (χ1) is 11.6. The number of rotatable bonds is 2. The summed E-state index contributed by atoms with van der Waals surface area (Å²) in [5.74, 6) is 0.113. The number of carbonyl (C=O) groups excluding carboxylic acids is 1. The molecule has 0 unspecified atom stereocenters.